The molecule has 0 fully saturated rings. The Balaban J connectivity index is 2.83. The van der Waals surface area contributed by atoms with Gasteiger partial charge in [-0.15, -0.1) is 0 Å². The highest BCUT2D eigenvalue weighted by molar-refractivity contribution is 5.94. The Labute approximate surface area is 127 Å². The van der Waals surface area contributed by atoms with Gasteiger partial charge in [0, 0.05) is 31.9 Å². The van der Waals surface area contributed by atoms with Gasteiger partial charge in [-0.3, -0.25) is 4.79 Å². The molecule has 1 heterocycles. The predicted octanol–water partition coefficient (Wildman–Crippen LogP) is 2.74. The van der Waals surface area contributed by atoms with E-state index in [0.717, 1.165) is 11.5 Å². The van der Waals surface area contributed by atoms with Gasteiger partial charge in [0.15, 0.2) is 0 Å². The number of nitrogens with one attached hydrogen (secondary N) is 1. The summed E-state index contributed by atoms with van der Waals surface area (Å²) < 4.78 is 5.49. The van der Waals surface area contributed by atoms with Crippen LogP contribution in [0.25, 0.3) is 0 Å². The van der Waals surface area contributed by atoms with Crippen molar-refractivity contribution in [1.29, 1.82) is 0 Å². The Morgan fingerprint density at radius 1 is 1.33 bits per heavy atom. The first-order valence-corrected chi connectivity index (χ1v) is 7.42. The van der Waals surface area contributed by atoms with Crippen LogP contribution in [0.5, 0.6) is 0 Å². The van der Waals surface area contributed by atoms with Crippen LogP contribution < -0.4 is 5.32 Å². The number of pyridine rings is 1. The molecule has 0 aliphatic heterocycles. The summed E-state index contributed by atoms with van der Waals surface area (Å²) in [4.78, 5) is 18.6. The zero-order chi connectivity index (χ0) is 16.0. The fraction of sp³-hybridized carbons (Fsp3) is 0.625. The monoisotopic (exact) mass is 293 g/mol. The first kappa shape index (κ1) is 17.4. The Kier molecular flexibility index (Phi) is 6.62. The smallest absolute Gasteiger partial charge is 0.253 e. The minimum absolute atomic E-state index is 0.0110. The molecule has 5 nitrogen and oxygen atoms in total. The predicted molar refractivity (Wildman–Crippen MR) is 85.9 cm³/mol. The largest absolute Gasteiger partial charge is 0.377 e. The van der Waals surface area contributed by atoms with E-state index >= 15 is 0 Å². The highest BCUT2D eigenvalue weighted by Gasteiger charge is 2.15. The number of rotatable bonds is 7. The third kappa shape index (κ3) is 5.34. The van der Waals surface area contributed by atoms with Crippen LogP contribution in [-0.4, -0.2) is 49.1 Å². The van der Waals surface area contributed by atoms with Gasteiger partial charge in [0.2, 0.25) is 0 Å². The first-order valence-electron chi connectivity index (χ1n) is 7.42. The highest BCUT2D eigenvalue weighted by Crippen LogP contribution is 2.18. The summed E-state index contributed by atoms with van der Waals surface area (Å²) in [7, 11) is 3.60. The molecule has 0 saturated heterocycles. The number of likely N-dealkylation sites (N-methyl/N-ethyl adjacent to an activating group) is 1. The maximum absolute atomic E-state index is 12.5. The van der Waals surface area contributed by atoms with Crippen molar-refractivity contribution >= 4 is 11.7 Å². The molecule has 0 aromatic carbocycles. The van der Waals surface area contributed by atoms with Crippen molar-refractivity contribution < 1.29 is 9.53 Å². The Morgan fingerprint density at radius 2 is 2.00 bits per heavy atom. The Bertz CT molecular complexity index is 473. The number of aromatic nitrogens is 1. The summed E-state index contributed by atoms with van der Waals surface area (Å²) >= 11 is 0. The number of nitrogens with zero attached hydrogens (tertiary/aromatic N) is 2. The zero-order valence-corrected chi connectivity index (χ0v) is 13.9. The summed E-state index contributed by atoms with van der Waals surface area (Å²) in [6.45, 7) is 9.22. The second-order valence-corrected chi connectivity index (χ2v) is 5.72. The average Bonchev–Trinajstić information content (AvgIpc) is 2.45. The normalized spacial score (nSPS) is 11.0. The van der Waals surface area contributed by atoms with Crippen molar-refractivity contribution in [3.63, 3.8) is 0 Å². The third-order valence-electron chi connectivity index (χ3n) is 3.16. The van der Waals surface area contributed by atoms with E-state index < -0.39 is 0 Å². The minimum atomic E-state index is -0.0110. The van der Waals surface area contributed by atoms with Crippen molar-refractivity contribution in [2.75, 3.05) is 32.6 Å². The van der Waals surface area contributed by atoms with Crippen LogP contribution in [0.2, 0.25) is 0 Å². The van der Waals surface area contributed by atoms with E-state index in [4.69, 9.17) is 4.74 Å². The van der Waals surface area contributed by atoms with Crippen molar-refractivity contribution in [3.05, 3.63) is 23.4 Å². The lowest BCUT2D eigenvalue weighted by Gasteiger charge is -2.19. The number of carbonyl (C=O) groups is 1. The molecule has 0 spiro atoms. The fourth-order valence-electron chi connectivity index (χ4n) is 1.85. The fourth-order valence-corrected chi connectivity index (χ4v) is 1.85. The lowest BCUT2D eigenvalue weighted by atomic mass is 10.1. The molecule has 0 radical (unpaired) electrons. The summed E-state index contributed by atoms with van der Waals surface area (Å²) in [5.41, 5.74) is 1.57. The molecule has 5 heteroatoms. The van der Waals surface area contributed by atoms with Crippen LogP contribution >= 0.6 is 0 Å². The van der Waals surface area contributed by atoms with Gasteiger partial charge < -0.3 is 15.0 Å². The summed E-state index contributed by atoms with van der Waals surface area (Å²) in [5.74, 6) is 0.985. The van der Waals surface area contributed by atoms with Crippen molar-refractivity contribution in [2.24, 2.45) is 0 Å². The average molecular weight is 293 g/mol. The molecule has 0 saturated carbocycles. The molecule has 118 valence electrons. The van der Waals surface area contributed by atoms with Gasteiger partial charge in [-0.25, -0.2) is 4.98 Å². The van der Waals surface area contributed by atoms with Gasteiger partial charge in [0.25, 0.3) is 5.91 Å². The van der Waals surface area contributed by atoms with Gasteiger partial charge in [-0.05, 0) is 31.9 Å². The van der Waals surface area contributed by atoms with Gasteiger partial charge in [0.05, 0.1) is 12.7 Å². The maximum atomic E-state index is 12.5. The van der Waals surface area contributed by atoms with Crippen LogP contribution in [0.3, 0.4) is 0 Å². The molecule has 1 aromatic heterocycles. The molecule has 1 rings (SSSR count). The number of ether oxygens (including phenoxy) is 1. The number of hydrogen-bond donors (Lipinski definition) is 1. The third-order valence-corrected chi connectivity index (χ3v) is 3.16. The minimum Gasteiger partial charge on any atom is -0.377 e. The molecule has 1 aromatic rings. The van der Waals surface area contributed by atoms with Crippen molar-refractivity contribution in [2.45, 2.75) is 39.7 Å². The Morgan fingerprint density at radius 3 is 2.52 bits per heavy atom. The molecule has 0 aliphatic carbocycles. The second kappa shape index (κ2) is 7.98. The van der Waals surface area contributed by atoms with Gasteiger partial charge >= 0.3 is 0 Å². The number of anilines is 1. The number of amides is 1. The topological polar surface area (TPSA) is 54.5 Å². The van der Waals surface area contributed by atoms with Gasteiger partial charge in [0.1, 0.15) is 5.82 Å². The molecule has 0 aliphatic rings. The van der Waals surface area contributed by atoms with Crippen molar-refractivity contribution in [3.8, 4) is 0 Å². The van der Waals surface area contributed by atoms with E-state index in [1.165, 1.54) is 0 Å². The van der Waals surface area contributed by atoms with Crippen LogP contribution in [0.4, 0.5) is 5.82 Å². The zero-order valence-electron chi connectivity index (χ0n) is 13.9. The van der Waals surface area contributed by atoms with E-state index in [-0.39, 0.29) is 17.9 Å². The van der Waals surface area contributed by atoms with E-state index in [1.54, 1.807) is 25.1 Å². The standard InChI is InChI=1S/C16H27N3O2/c1-11(2)14-9-13(10-15(17-5)18-14)16(20)19(6)7-8-21-12(3)4/h9-12H,7-8H2,1-6H3,(H,17,18). The molecule has 1 amide bonds. The van der Waals surface area contributed by atoms with Crippen LogP contribution in [0.15, 0.2) is 12.1 Å². The quantitative estimate of drug-likeness (QED) is 0.840. The van der Waals surface area contributed by atoms with Crippen molar-refractivity contribution in [1.82, 2.24) is 9.88 Å². The van der Waals surface area contributed by atoms with Crippen LogP contribution in [0, 0.1) is 0 Å². The molecule has 0 bridgehead atoms. The maximum Gasteiger partial charge on any atom is 0.253 e. The molecule has 21 heavy (non-hydrogen) atoms. The SMILES string of the molecule is CNc1cc(C(=O)N(C)CCOC(C)C)cc(C(C)C)n1. The van der Waals surface area contributed by atoms with E-state index in [9.17, 15) is 4.79 Å². The van der Waals surface area contributed by atoms with Crippen LogP contribution in [-0.2, 0) is 4.74 Å². The molecule has 0 atom stereocenters. The highest BCUT2D eigenvalue weighted by atomic mass is 16.5. The lowest BCUT2D eigenvalue weighted by molar-refractivity contribution is 0.0532. The summed E-state index contributed by atoms with van der Waals surface area (Å²) in [6.07, 6.45) is 0.179. The number of carbonyl (C=O) groups excluding carboxylic acids is 1. The van der Waals surface area contributed by atoms with Crippen LogP contribution in [0.1, 0.15) is 49.7 Å². The second-order valence-electron chi connectivity index (χ2n) is 5.72. The summed E-state index contributed by atoms with van der Waals surface area (Å²) in [5, 5.41) is 3.01. The van der Waals surface area contributed by atoms with Gasteiger partial charge in [-0.2, -0.15) is 0 Å². The van der Waals surface area contributed by atoms with E-state index in [2.05, 4.69) is 24.1 Å². The Hall–Kier alpha value is -1.62. The molecule has 0 unspecified atom stereocenters. The number of hydrogen-bond acceptors (Lipinski definition) is 4. The molecular formula is C16H27N3O2. The lowest BCUT2D eigenvalue weighted by Crippen LogP contribution is -2.31. The summed E-state index contributed by atoms with van der Waals surface area (Å²) in [6, 6.07) is 3.65. The molecular weight excluding hydrogens is 266 g/mol. The van der Waals surface area contributed by atoms with E-state index in [0.29, 0.717) is 18.7 Å². The first-order chi connectivity index (χ1) is 9.85. The van der Waals surface area contributed by atoms with E-state index in [1.807, 2.05) is 19.9 Å². The van der Waals surface area contributed by atoms with Gasteiger partial charge in [-0.1, -0.05) is 13.8 Å². The molecule has 1 N–H and O–H groups in total.